The summed E-state index contributed by atoms with van der Waals surface area (Å²) in [6, 6.07) is 2.07. The Bertz CT molecular complexity index is 1520. The van der Waals surface area contributed by atoms with Crippen LogP contribution in [0.3, 0.4) is 0 Å². The lowest BCUT2D eigenvalue weighted by Crippen LogP contribution is -2.30. The molecule has 2 atom stereocenters. The summed E-state index contributed by atoms with van der Waals surface area (Å²) in [6.07, 6.45) is -0.0641. The van der Waals surface area contributed by atoms with Gasteiger partial charge in [0.15, 0.2) is 7.37 Å². The Morgan fingerprint density at radius 2 is 1.63 bits per heavy atom. The summed E-state index contributed by atoms with van der Waals surface area (Å²) < 4.78 is 22.6. The Morgan fingerprint density at radius 3 is 2.04 bits per heavy atom. The van der Waals surface area contributed by atoms with Crippen LogP contribution >= 0.6 is 42.2 Å². The molecule has 0 saturated carbocycles. The molecule has 0 saturated heterocycles. The van der Waals surface area contributed by atoms with Gasteiger partial charge in [-0.1, -0.05) is 44.0 Å². The van der Waals surface area contributed by atoms with E-state index in [9.17, 15) is 14.2 Å². The normalized spacial score (nSPS) is 13.0. The second-order valence-corrected chi connectivity index (χ2v) is 14.8. The molecule has 15 nitrogen and oxygen atoms in total. The van der Waals surface area contributed by atoms with E-state index in [0.29, 0.717) is 34.2 Å². The molecule has 3 rings (SSSR count). The number of ether oxygens (including phenoxy) is 1. The molecule has 0 aliphatic carbocycles. The van der Waals surface area contributed by atoms with Crippen molar-refractivity contribution in [3.63, 3.8) is 0 Å². The number of hydrogen-bond donors (Lipinski definition) is 5. The molecule has 0 amide bonds. The van der Waals surface area contributed by atoms with Crippen molar-refractivity contribution in [1.29, 1.82) is 0 Å². The SMILES string of the molecule is CC(C)Oc1cc(-n2nc(C(C)(C)C)oc2=O)c(Cl)cc1Cl.CCNc1nc(Cl)nc(NCC)n1.CP(=O)(O)CCC(N)C(=O)O. The lowest BCUT2D eigenvalue weighted by atomic mass is 9.97. The highest BCUT2D eigenvalue weighted by atomic mass is 35.5. The molecule has 3 aromatic rings. The van der Waals surface area contributed by atoms with Crippen molar-refractivity contribution in [3.8, 4) is 11.4 Å². The summed E-state index contributed by atoms with van der Waals surface area (Å²) in [5, 5.41) is 19.3. The molecule has 6 N–H and O–H groups in total. The zero-order valence-corrected chi connectivity index (χ0v) is 30.1. The highest BCUT2D eigenvalue weighted by Gasteiger charge is 2.24. The van der Waals surface area contributed by atoms with E-state index in [-0.39, 0.29) is 34.4 Å². The van der Waals surface area contributed by atoms with Gasteiger partial charge in [-0.2, -0.15) is 19.6 Å². The first-order chi connectivity index (χ1) is 21.2. The molecule has 0 aliphatic heterocycles. The fourth-order valence-corrected chi connectivity index (χ4v) is 4.51. The van der Waals surface area contributed by atoms with Gasteiger partial charge in [0.05, 0.1) is 21.8 Å². The Labute approximate surface area is 282 Å². The van der Waals surface area contributed by atoms with Gasteiger partial charge in [0.2, 0.25) is 23.1 Å². The number of carboxylic acid groups (broad SMARTS) is 1. The van der Waals surface area contributed by atoms with Crippen molar-refractivity contribution in [3.05, 3.63) is 43.9 Å². The maximum Gasteiger partial charge on any atom is 0.442 e. The van der Waals surface area contributed by atoms with Crippen molar-refractivity contribution in [2.45, 2.75) is 72.4 Å². The summed E-state index contributed by atoms with van der Waals surface area (Å²) in [4.78, 5) is 42.8. The first-order valence-corrected chi connectivity index (χ1v) is 17.5. The Kier molecular flexibility index (Phi) is 16.4. The van der Waals surface area contributed by atoms with E-state index >= 15 is 0 Å². The zero-order valence-electron chi connectivity index (χ0n) is 27.0. The standard InChI is InChI=1S/C15H18Cl2N2O3.C7H12ClN5.C5H12NO4P/c1-8(2)21-12-7-11(9(16)6-10(12)17)19-14(20)22-13(18-19)15(3,4)5;1-3-9-6-11-5(8)12-7(13-6)10-4-2;1-11(9,10)3-2-4(6)5(7)8/h6-8H,1-5H3;3-4H2,1-2H3,(H2,9,10,11,12,13);4H,2-3,6H2,1H3,(H,7,8)(H,9,10). The minimum atomic E-state index is -3.10. The zero-order chi connectivity index (χ0) is 35.4. The van der Waals surface area contributed by atoms with Crippen LogP contribution in [0.1, 0.15) is 60.8 Å². The Balaban J connectivity index is 0.000000377. The van der Waals surface area contributed by atoms with Crippen LogP contribution in [0, 0.1) is 0 Å². The highest BCUT2D eigenvalue weighted by Crippen LogP contribution is 2.36. The summed E-state index contributed by atoms with van der Waals surface area (Å²) in [7, 11) is -3.10. The monoisotopic (exact) mass is 726 g/mol. The van der Waals surface area contributed by atoms with Gasteiger partial charge in [-0.3, -0.25) is 9.36 Å². The van der Waals surface area contributed by atoms with Crippen LogP contribution in [0.25, 0.3) is 5.69 Å². The molecule has 2 unspecified atom stereocenters. The third kappa shape index (κ3) is 14.7. The Hall–Kier alpha value is -2.94. The van der Waals surface area contributed by atoms with Crippen molar-refractivity contribution >= 4 is 60.0 Å². The van der Waals surface area contributed by atoms with Crippen LogP contribution in [0.4, 0.5) is 11.9 Å². The van der Waals surface area contributed by atoms with Crippen molar-refractivity contribution < 1.29 is 28.5 Å². The predicted octanol–water partition coefficient (Wildman–Crippen LogP) is 5.29. The molecular weight excluding hydrogens is 686 g/mol. The topological polar surface area (TPSA) is 221 Å². The van der Waals surface area contributed by atoms with Gasteiger partial charge in [-0.25, -0.2) is 4.79 Å². The van der Waals surface area contributed by atoms with Gasteiger partial charge in [0.1, 0.15) is 11.8 Å². The number of hydrogen-bond acceptors (Lipinski definition) is 12. The summed E-state index contributed by atoms with van der Waals surface area (Å²) in [5.41, 5.74) is 5.07. The molecule has 2 heterocycles. The molecular formula is C27H42Cl3N8O7P. The molecule has 46 heavy (non-hydrogen) atoms. The highest BCUT2D eigenvalue weighted by molar-refractivity contribution is 7.57. The minimum absolute atomic E-state index is 0.0412. The molecule has 1 aromatic carbocycles. The second-order valence-electron chi connectivity index (χ2n) is 11.1. The summed E-state index contributed by atoms with van der Waals surface area (Å²) in [5.74, 6) is 0.0121. The number of rotatable bonds is 11. The molecule has 19 heteroatoms. The average molecular weight is 728 g/mol. The van der Waals surface area contributed by atoms with Crippen LogP contribution < -0.4 is 26.9 Å². The third-order valence-electron chi connectivity index (χ3n) is 5.23. The number of nitrogens with zero attached hydrogens (tertiary/aromatic N) is 5. The minimum Gasteiger partial charge on any atom is -0.489 e. The van der Waals surface area contributed by atoms with Crippen LogP contribution in [-0.2, 0) is 14.8 Å². The van der Waals surface area contributed by atoms with E-state index in [4.69, 9.17) is 59.7 Å². The number of aliphatic carboxylic acids is 1. The van der Waals surface area contributed by atoms with Gasteiger partial charge >= 0.3 is 11.7 Å². The van der Waals surface area contributed by atoms with Crippen molar-refractivity contribution in [2.24, 2.45) is 5.73 Å². The fourth-order valence-electron chi connectivity index (χ4n) is 3.08. The smallest absolute Gasteiger partial charge is 0.442 e. The number of aromatic nitrogens is 5. The van der Waals surface area contributed by atoms with Crippen LogP contribution in [-0.4, -0.2) is 78.8 Å². The van der Waals surface area contributed by atoms with Gasteiger partial charge in [-0.15, -0.1) is 5.10 Å². The van der Waals surface area contributed by atoms with E-state index in [1.807, 2.05) is 48.5 Å². The summed E-state index contributed by atoms with van der Waals surface area (Å²) >= 11 is 18.0. The molecule has 0 spiro atoms. The lowest BCUT2D eigenvalue weighted by molar-refractivity contribution is -0.138. The van der Waals surface area contributed by atoms with Crippen LogP contribution in [0.15, 0.2) is 21.3 Å². The first-order valence-electron chi connectivity index (χ1n) is 14.1. The van der Waals surface area contributed by atoms with Gasteiger partial charge in [0, 0.05) is 37.4 Å². The predicted molar refractivity (Wildman–Crippen MR) is 181 cm³/mol. The van der Waals surface area contributed by atoms with Gasteiger partial charge in [-0.05, 0) is 51.8 Å². The molecule has 2 aromatic heterocycles. The van der Waals surface area contributed by atoms with E-state index in [2.05, 4.69) is 30.7 Å². The molecule has 258 valence electrons. The number of carboxylic acids is 1. The molecule has 0 fully saturated rings. The van der Waals surface area contributed by atoms with E-state index in [0.717, 1.165) is 17.8 Å². The molecule has 0 aliphatic rings. The average Bonchev–Trinajstić information content (AvgIpc) is 3.31. The van der Waals surface area contributed by atoms with Gasteiger partial charge in [0.25, 0.3) is 0 Å². The lowest BCUT2D eigenvalue weighted by Gasteiger charge is -2.13. The number of benzene rings is 1. The largest absolute Gasteiger partial charge is 0.489 e. The summed E-state index contributed by atoms with van der Waals surface area (Å²) in [6.45, 7) is 16.1. The number of nitrogens with one attached hydrogen (secondary N) is 2. The quantitative estimate of drug-likeness (QED) is 0.158. The molecule has 0 bridgehead atoms. The van der Waals surface area contributed by atoms with Crippen molar-refractivity contribution in [2.75, 3.05) is 36.5 Å². The second kappa shape index (κ2) is 18.4. The molecule has 0 radical (unpaired) electrons. The van der Waals surface area contributed by atoms with Gasteiger partial charge < -0.3 is 35.5 Å². The van der Waals surface area contributed by atoms with Crippen LogP contribution in [0.5, 0.6) is 5.75 Å². The number of carbonyl (C=O) groups is 1. The maximum atomic E-state index is 12.1. The van der Waals surface area contributed by atoms with E-state index in [1.165, 1.54) is 12.7 Å². The van der Waals surface area contributed by atoms with E-state index in [1.54, 1.807) is 6.07 Å². The van der Waals surface area contributed by atoms with Crippen molar-refractivity contribution in [1.82, 2.24) is 24.7 Å². The fraction of sp³-hybridized carbons (Fsp3) is 0.556. The maximum absolute atomic E-state index is 12.1. The number of halogens is 3. The third-order valence-corrected chi connectivity index (χ3v) is 7.09. The Morgan fingerprint density at radius 1 is 1.09 bits per heavy atom. The number of anilines is 2. The van der Waals surface area contributed by atoms with Crippen LogP contribution in [0.2, 0.25) is 15.3 Å². The van der Waals surface area contributed by atoms with E-state index < -0.39 is 25.1 Å². The number of nitrogens with two attached hydrogens (primary N) is 1. The first kappa shape index (κ1) is 41.1.